The highest BCUT2D eigenvalue weighted by molar-refractivity contribution is 5.90. The van der Waals surface area contributed by atoms with Crippen molar-refractivity contribution in [2.45, 2.75) is 58.3 Å². The monoisotopic (exact) mass is 280 g/mol. The minimum absolute atomic E-state index is 0.0273. The van der Waals surface area contributed by atoms with Gasteiger partial charge < -0.3 is 0 Å². The molecule has 1 aromatic rings. The van der Waals surface area contributed by atoms with Crippen LogP contribution in [0.15, 0.2) is 29.8 Å². The van der Waals surface area contributed by atoms with Crippen LogP contribution in [-0.2, 0) is 24.1 Å². The van der Waals surface area contributed by atoms with Crippen LogP contribution in [0.1, 0.15) is 55.7 Å². The number of fused-ring (bicyclic) bond motifs is 4. The second kappa shape index (κ2) is 4.83. The second-order valence-corrected chi connectivity index (χ2v) is 7.32. The van der Waals surface area contributed by atoms with Crippen molar-refractivity contribution >= 4 is 5.78 Å². The van der Waals surface area contributed by atoms with E-state index in [1.165, 1.54) is 42.4 Å². The van der Waals surface area contributed by atoms with E-state index < -0.39 is 0 Å². The second-order valence-electron chi connectivity index (χ2n) is 7.32. The Hall–Kier alpha value is -1.37. The van der Waals surface area contributed by atoms with E-state index in [2.05, 4.69) is 31.2 Å². The van der Waals surface area contributed by atoms with Crippen LogP contribution in [0.3, 0.4) is 0 Å². The first-order valence-corrected chi connectivity index (χ1v) is 8.53. The van der Waals surface area contributed by atoms with Crippen LogP contribution in [0, 0.1) is 11.3 Å². The Morgan fingerprint density at radius 1 is 1.24 bits per heavy atom. The van der Waals surface area contributed by atoms with Crippen molar-refractivity contribution in [3.8, 4) is 0 Å². The number of carbonyl (C=O) groups is 1. The fourth-order valence-electron chi connectivity index (χ4n) is 4.78. The molecule has 0 saturated heterocycles. The quantitative estimate of drug-likeness (QED) is 0.749. The summed E-state index contributed by atoms with van der Waals surface area (Å²) in [4.78, 5) is 12.8. The first-order chi connectivity index (χ1) is 10.2. The Morgan fingerprint density at radius 3 is 2.86 bits per heavy atom. The topological polar surface area (TPSA) is 17.1 Å². The van der Waals surface area contributed by atoms with Gasteiger partial charge >= 0.3 is 0 Å². The Labute approximate surface area is 127 Å². The van der Waals surface area contributed by atoms with E-state index in [1.807, 2.05) is 0 Å². The molecule has 3 aliphatic carbocycles. The SMILES string of the molecule is CCCCc1ccc2c(c1)CC1(CC3=CCC1C3)C(=O)C2. The first kappa shape index (κ1) is 13.3. The summed E-state index contributed by atoms with van der Waals surface area (Å²) < 4.78 is 0. The maximum absolute atomic E-state index is 12.8. The third-order valence-corrected chi connectivity index (χ3v) is 6.03. The molecule has 0 amide bonds. The molecule has 3 aliphatic rings. The summed E-state index contributed by atoms with van der Waals surface area (Å²) in [6, 6.07) is 6.86. The molecule has 1 spiro atoms. The summed E-state index contributed by atoms with van der Waals surface area (Å²) in [5, 5.41) is 0. The maximum atomic E-state index is 12.8. The lowest BCUT2D eigenvalue weighted by Gasteiger charge is -2.39. The van der Waals surface area contributed by atoms with Crippen molar-refractivity contribution in [3.05, 3.63) is 46.5 Å². The fraction of sp³-hybridized carbons (Fsp3) is 0.550. The van der Waals surface area contributed by atoms with Gasteiger partial charge in [-0.15, -0.1) is 0 Å². The molecule has 1 fully saturated rings. The summed E-state index contributed by atoms with van der Waals surface area (Å²) in [7, 11) is 0. The number of ketones is 1. The molecule has 21 heavy (non-hydrogen) atoms. The van der Waals surface area contributed by atoms with Crippen molar-refractivity contribution in [1.29, 1.82) is 0 Å². The predicted molar refractivity (Wildman–Crippen MR) is 85.3 cm³/mol. The zero-order valence-corrected chi connectivity index (χ0v) is 13.0. The van der Waals surface area contributed by atoms with Gasteiger partial charge in [0.1, 0.15) is 5.78 Å². The van der Waals surface area contributed by atoms with Crippen molar-refractivity contribution < 1.29 is 4.79 Å². The van der Waals surface area contributed by atoms with Crippen LogP contribution in [0.5, 0.6) is 0 Å². The van der Waals surface area contributed by atoms with E-state index in [9.17, 15) is 4.79 Å². The number of rotatable bonds is 3. The average molecular weight is 280 g/mol. The molecular formula is C20H24O. The molecule has 0 aliphatic heterocycles. The van der Waals surface area contributed by atoms with Crippen molar-refractivity contribution in [3.63, 3.8) is 0 Å². The standard InChI is InChI=1S/C20H24O/c1-2-3-4-14-5-7-16-11-19(21)20(13-17(16)9-14)12-15-6-8-18(20)10-15/h5-7,9,18H,2-4,8,10-13H2,1H3. The molecule has 4 rings (SSSR count). The number of allylic oxidation sites excluding steroid dienone is 2. The highest BCUT2D eigenvalue weighted by atomic mass is 16.1. The largest absolute Gasteiger partial charge is 0.299 e. The van der Waals surface area contributed by atoms with Crippen LogP contribution in [0.25, 0.3) is 0 Å². The molecule has 1 heteroatoms. The van der Waals surface area contributed by atoms with Gasteiger partial charge in [0.2, 0.25) is 0 Å². The minimum atomic E-state index is -0.0273. The molecule has 1 aromatic carbocycles. The van der Waals surface area contributed by atoms with Crippen molar-refractivity contribution in [1.82, 2.24) is 0 Å². The van der Waals surface area contributed by atoms with Gasteiger partial charge in [0.05, 0.1) is 0 Å². The Kier molecular flexibility index (Phi) is 3.06. The summed E-state index contributed by atoms with van der Waals surface area (Å²) in [5.41, 5.74) is 5.75. The molecule has 2 bridgehead atoms. The zero-order valence-electron chi connectivity index (χ0n) is 13.0. The van der Waals surface area contributed by atoms with Crippen LogP contribution < -0.4 is 0 Å². The van der Waals surface area contributed by atoms with E-state index in [4.69, 9.17) is 0 Å². The lowest BCUT2D eigenvalue weighted by molar-refractivity contribution is -0.131. The number of hydrogen-bond donors (Lipinski definition) is 0. The summed E-state index contributed by atoms with van der Waals surface area (Å²) in [5.74, 6) is 1.12. The number of benzene rings is 1. The number of hydrogen-bond acceptors (Lipinski definition) is 1. The van der Waals surface area contributed by atoms with Crippen molar-refractivity contribution in [2.24, 2.45) is 11.3 Å². The summed E-state index contributed by atoms with van der Waals surface area (Å²) >= 11 is 0. The summed E-state index contributed by atoms with van der Waals surface area (Å²) in [6.07, 6.45) is 11.1. The molecule has 2 unspecified atom stereocenters. The number of aryl methyl sites for hydroxylation is 1. The fourth-order valence-corrected chi connectivity index (χ4v) is 4.78. The number of unbranched alkanes of at least 4 members (excludes halogenated alkanes) is 1. The molecule has 1 nitrogen and oxygen atoms in total. The van der Waals surface area contributed by atoms with Gasteiger partial charge in [-0.3, -0.25) is 4.79 Å². The van der Waals surface area contributed by atoms with E-state index in [-0.39, 0.29) is 5.41 Å². The highest BCUT2D eigenvalue weighted by Gasteiger charge is 2.53. The normalized spacial score (nSPS) is 29.9. The van der Waals surface area contributed by atoms with Gasteiger partial charge in [-0.1, -0.05) is 43.2 Å². The van der Waals surface area contributed by atoms with Gasteiger partial charge in [-0.25, -0.2) is 0 Å². The molecule has 0 radical (unpaired) electrons. The van der Waals surface area contributed by atoms with Gasteiger partial charge in [0.15, 0.2) is 0 Å². The minimum Gasteiger partial charge on any atom is -0.299 e. The number of carbonyl (C=O) groups excluding carboxylic acids is 1. The Balaban J connectivity index is 1.66. The average Bonchev–Trinajstić information content (AvgIpc) is 3.07. The molecular weight excluding hydrogens is 256 g/mol. The van der Waals surface area contributed by atoms with Gasteiger partial charge in [-0.05, 0) is 61.1 Å². The van der Waals surface area contributed by atoms with Gasteiger partial charge in [-0.2, -0.15) is 0 Å². The van der Waals surface area contributed by atoms with Crippen LogP contribution in [0.4, 0.5) is 0 Å². The van der Waals surface area contributed by atoms with Gasteiger partial charge in [0.25, 0.3) is 0 Å². The molecule has 110 valence electrons. The Bertz CT molecular complexity index is 625. The molecule has 0 aromatic heterocycles. The van der Waals surface area contributed by atoms with Crippen LogP contribution >= 0.6 is 0 Å². The third kappa shape index (κ3) is 2.01. The molecule has 0 N–H and O–H groups in total. The molecule has 2 atom stereocenters. The van der Waals surface area contributed by atoms with E-state index >= 15 is 0 Å². The highest BCUT2D eigenvalue weighted by Crippen LogP contribution is 2.56. The van der Waals surface area contributed by atoms with Crippen molar-refractivity contribution in [2.75, 3.05) is 0 Å². The first-order valence-electron chi connectivity index (χ1n) is 8.53. The number of Topliss-reactive ketones (excluding diaryl/α,β-unsaturated/α-hetero) is 1. The molecule has 1 saturated carbocycles. The van der Waals surface area contributed by atoms with E-state index in [0.717, 1.165) is 19.3 Å². The lowest BCUT2D eigenvalue weighted by atomic mass is 9.63. The zero-order chi connectivity index (χ0) is 14.4. The van der Waals surface area contributed by atoms with E-state index in [0.29, 0.717) is 18.1 Å². The lowest BCUT2D eigenvalue weighted by Crippen LogP contribution is -2.42. The molecule has 0 heterocycles. The maximum Gasteiger partial charge on any atom is 0.144 e. The van der Waals surface area contributed by atoms with Crippen LogP contribution in [0.2, 0.25) is 0 Å². The predicted octanol–water partition coefficient (Wildman–Crippen LogP) is 4.42. The third-order valence-electron chi connectivity index (χ3n) is 6.03. The smallest absolute Gasteiger partial charge is 0.144 e. The Morgan fingerprint density at radius 2 is 2.14 bits per heavy atom. The summed E-state index contributed by atoms with van der Waals surface area (Å²) in [6.45, 7) is 2.25. The van der Waals surface area contributed by atoms with Gasteiger partial charge in [0, 0.05) is 11.8 Å². The van der Waals surface area contributed by atoms with Crippen LogP contribution in [-0.4, -0.2) is 5.78 Å². The van der Waals surface area contributed by atoms with E-state index in [1.54, 1.807) is 5.57 Å².